The van der Waals surface area contributed by atoms with Gasteiger partial charge >= 0.3 is 5.97 Å². The predicted octanol–water partition coefficient (Wildman–Crippen LogP) is 3.71. The van der Waals surface area contributed by atoms with E-state index in [2.05, 4.69) is 4.72 Å². The first-order valence-corrected chi connectivity index (χ1v) is 9.64. The Hall–Kier alpha value is -1.31. The van der Waals surface area contributed by atoms with E-state index in [1.807, 2.05) is 0 Å². The molecule has 134 valence electrons. The molecule has 1 N–H and O–H groups in total. The van der Waals surface area contributed by atoms with E-state index in [9.17, 15) is 13.2 Å². The average Bonchev–Trinajstić information content (AvgIpc) is 2.57. The summed E-state index contributed by atoms with van der Waals surface area (Å²) in [7, 11) is -2.91. The van der Waals surface area contributed by atoms with Crippen molar-refractivity contribution in [2.24, 2.45) is 0 Å². The molecule has 0 heterocycles. The van der Waals surface area contributed by atoms with Crippen LogP contribution >= 0.6 is 34.8 Å². The van der Waals surface area contributed by atoms with Crippen LogP contribution in [0.25, 0.3) is 0 Å². The summed E-state index contributed by atoms with van der Waals surface area (Å²) in [6, 6.07) is 9.59. The summed E-state index contributed by atoms with van der Waals surface area (Å²) in [6.45, 7) is 0. The molecule has 0 aliphatic rings. The molecule has 25 heavy (non-hydrogen) atoms. The Labute approximate surface area is 160 Å². The number of benzene rings is 2. The molecule has 5 nitrogen and oxygen atoms in total. The number of hydrogen-bond acceptors (Lipinski definition) is 4. The fraction of sp³-hybridized carbons (Fsp3) is 0.188. The Balaban J connectivity index is 2.31. The number of ether oxygens (including phenoxy) is 1. The van der Waals surface area contributed by atoms with Gasteiger partial charge in [-0.2, -0.15) is 4.72 Å². The van der Waals surface area contributed by atoms with Crippen LogP contribution in [0.5, 0.6) is 0 Å². The Kier molecular flexibility index (Phi) is 6.71. The number of nitrogens with one attached hydrogen (secondary N) is 1. The molecule has 0 fully saturated rings. The van der Waals surface area contributed by atoms with Gasteiger partial charge in [0.25, 0.3) is 0 Å². The summed E-state index contributed by atoms with van der Waals surface area (Å²) in [5.74, 6) is -0.725. The van der Waals surface area contributed by atoms with Gasteiger partial charge in [-0.25, -0.2) is 8.42 Å². The average molecular weight is 423 g/mol. The molecule has 0 saturated carbocycles. The molecular weight excluding hydrogens is 409 g/mol. The molecule has 0 aromatic heterocycles. The molecule has 1 unspecified atom stereocenters. The maximum absolute atomic E-state index is 12.6. The van der Waals surface area contributed by atoms with Crippen LogP contribution in [0.2, 0.25) is 15.1 Å². The van der Waals surface area contributed by atoms with Crippen LogP contribution in [-0.2, 0) is 26.0 Å². The molecule has 9 heteroatoms. The van der Waals surface area contributed by atoms with Gasteiger partial charge in [-0.05, 0) is 42.3 Å². The van der Waals surface area contributed by atoms with E-state index in [1.54, 1.807) is 24.3 Å². The molecule has 2 rings (SSSR count). The van der Waals surface area contributed by atoms with E-state index in [1.165, 1.54) is 25.3 Å². The maximum atomic E-state index is 12.6. The topological polar surface area (TPSA) is 72.5 Å². The van der Waals surface area contributed by atoms with E-state index in [4.69, 9.17) is 39.5 Å². The van der Waals surface area contributed by atoms with E-state index in [-0.39, 0.29) is 21.4 Å². The van der Waals surface area contributed by atoms with Gasteiger partial charge in [0.1, 0.15) is 10.9 Å². The minimum absolute atomic E-state index is 0.00740. The summed E-state index contributed by atoms with van der Waals surface area (Å²) >= 11 is 17.6. The van der Waals surface area contributed by atoms with E-state index >= 15 is 0 Å². The molecular formula is C16H14Cl3NO4S. The quantitative estimate of drug-likeness (QED) is 0.720. The van der Waals surface area contributed by atoms with E-state index in [0.717, 1.165) is 0 Å². The SMILES string of the molecule is COC(=O)C(Cc1ccc(Cl)cc1)NS(=O)(=O)c1cc(Cl)ccc1Cl. The van der Waals surface area contributed by atoms with Crippen LogP contribution in [0.15, 0.2) is 47.4 Å². The lowest BCUT2D eigenvalue weighted by atomic mass is 10.1. The molecule has 0 aliphatic heterocycles. The highest BCUT2D eigenvalue weighted by molar-refractivity contribution is 7.89. The van der Waals surface area contributed by atoms with Gasteiger partial charge in [0.15, 0.2) is 0 Å². The molecule has 0 amide bonds. The number of hydrogen-bond donors (Lipinski definition) is 1. The van der Waals surface area contributed by atoms with Gasteiger partial charge in [-0.1, -0.05) is 46.9 Å². The molecule has 0 aliphatic carbocycles. The third-order valence-electron chi connectivity index (χ3n) is 3.32. The first kappa shape index (κ1) is 20.0. The van der Waals surface area contributed by atoms with Crippen molar-refractivity contribution < 1.29 is 17.9 Å². The summed E-state index contributed by atoms with van der Waals surface area (Å²) in [5, 5.41) is 0.730. The molecule has 1 atom stereocenters. The minimum atomic E-state index is -4.09. The van der Waals surface area contributed by atoms with Crippen LogP contribution < -0.4 is 4.72 Å². The van der Waals surface area contributed by atoms with Crippen molar-refractivity contribution in [2.75, 3.05) is 7.11 Å². The molecule has 2 aromatic carbocycles. The zero-order chi connectivity index (χ0) is 18.6. The van der Waals surface area contributed by atoms with Gasteiger partial charge < -0.3 is 4.74 Å². The summed E-state index contributed by atoms with van der Waals surface area (Å²) < 4.78 is 32.2. The van der Waals surface area contributed by atoms with Gasteiger partial charge in [-0.3, -0.25) is 4.79 Å². The lowest BCUT2D eigenvalue weighted by Crippen LogP contribution is -2.43. The Bertz CT molecular complexity index is 869. The molecule has 0 spiro atoms. The molecule has 2 aromatic rings. The van der Waals surface area contributed by atoms with Gasteiger partial charge in [-0.15, -0.1) is 0 Å². The number of halogens is 3. The summed E-state index contributed by atoms with van der Waals surface area (Å²) in [6.07, 6.45) is 0.0846. The first-order chi connectivity index (χ1) is 11.7. The fourth-order valence-corrected chi connectivity index (χ4v) is 4.18. The van der Waals surface area contributed by atoms with Crippen LogP contribution in [0.4, 0.5) is 0 Å². The monoisotopic (exact) mass is 421 g/mol. The number of methoxy groups -OCH3 is 1. The standard InChI is InChI=1S/C16H14Cl3NO4S/c1-24-16(21)14(8-10-2-4-11(17)5-3-10)20-25(22,23)15-9-12(18)6-7-13(15)19/h2-7,9,14,20H,8H2,1H3. The maximum Gasteiger partial charge on any atom is 0.324 e. The summed E-state index contributed by atoms with van der Waals surface area (Å²) in [4.78, 5) is 11.8. The van der Waals surface area contributed by atoms with Crippen molar-refractivity contribution in [3.8, 4) is 0 Å². The minimum Gasteiger partial charge on any atom is -0.468 e. The normalized spacial score (nSPS) is 12.6. The van der Waals surface area contributed by atoms with Crippen molar-refractivity contribution in [3.05, 3.63) is 63.1 Å². The lowest BCUT2D eigenvalue weighted by Gasteiger charge is -2.17. The van der Waals surface area contributed by atoms with E-state index < -0.39 is 22.0 Å². The van der Waals surface area contributed by atoms with Crippen molar-refractivity contribution in [1.82, 2.24) is 4.72 Å². The number of esters is 1. The Morgan fingerprint density at radius 3 is 2.28 bits per heavy atom. The van der Waals surface area contributed by atoms with E-state index in [0.29, 0.717) is 10.6 Å². The second kappa shape index (κ2) is 8.38. The number of sulfonamides is 1. The molecule has 0 radical (unpaired) electrons. The number of carbonyl (C=O) groups excluding carboxylic acids is 1. The second-order valence-electron chi connectivity index (χ2n) is 5.10. The van der Waals surface area contributed by atoms with Crippen molar-refractivity contribution in [2.45, 2.75) is 17.4 Å². The summed E-state index contributed by atoms with van der Waals surface area (Å²) in [5.41, 5.74) is 0.708. The molecule has 0 bridgehead atoms. The van der Waals surface area contributed by atoms with Gasteiger partial charge in [0, 0.05) is 10.0 Å². The van der Waals surface area contributed by atoms with Crippen molar-refractivity contribution in [3.63, 3.8) is 0 Å². The highest BCUT2D eigenvalue weighted by Gasteiger charge is 2.28. The third kappa shape index (κ3) is 5.33. The fourth-order valence-electron chi connectivity index (χ4n) is 2.11. The zero-order valence-corrected chi connectivity index (χ0v) is 16.1. The van der Waals surface area contributed by atoms with Crippen molar-refractivity contribution in [1.29, 1.82) is 0 Å². The second-order valence-corrected chi connectivity index (χ2v) is 8.06. The molecule has 0 saturated heterocycles. The van der Waals surface area contributed by atoms with Crippen LogP contribution in [0.1, 0.15) is 5.56 Å². The van der Waals surface area contributed by atoms with Gasteiger partial charge in [0.05, 0.1) is 12.1 Å². The lowest BCUT2D eigenvalue weighted by molar-refractivity contribution is -0.142. The Morgan fingerprint density at radius 1 is 1.08 bits per heavy atom. The smallest absolute Gasteiger partial charge is 0.324 e. The number of rotatable bonds is 6. The van der Waals surface area contributed by atoms with Crippen LogP contribution in [0.3, 0.4) is 0 Å². The van der Waals surface area contributed by atoms with Crippen molar-refractivity contribution >= 4 is 50.8 Å². The largest absolute Gasteiger partial charge is 0.468 e. The number of carbonyl (C=O) groups is 1. The van der Waals surface area contributed by atoms with Crippen LogP contribution in [0, 0.1) is 0 Å². The zero-order valence-electron chi connectivity index (χ0n) is 13.0. The highest BCUT2D eigenvalue weighted by atomic mass is 35.5. The Morgan fingerprint density at radius 2 is 1.68 bits per heavy atom. The van der Waals surface area contributed by atoms with Crippen LogP contribution in [-0.4, -0.2) is 27.5 Å². The predicted molar refractivity (Wildman–Crippen MR) is 97.7 cm³/mol. The highest BCUT2D eigenvalue weighted by Crippen LogP contribution is 2.25. The van der Waals surface area contributed by atoms with Gasteiger partial charge in [0.2, 0.25) is 10.0 Å². The first-order valence-electron chi connectivity index (χ1n) is 7.02. The third-order valence-corrected chi connectivity index (χ3v) is 5.76.